The van der Waals surface area contributed by atoms with Crippen molar-refractivity contribution in [3.05, 3.63) is 0 Å². The van der Waals surface area contributed by atoms with Crippen LogP contribution in [0.15, 0.2) is 0 Å². The largest absolute Gasteiger partial charge is 1.00 e. The van der Waals surface area contributed by atoms with Crippen molar-refractivity contribution in [1.82, 2.24) is 0 Å². The van der Waals surface area contributed by atoms with Crippen LogP contribution in [0.1, 0.15) is 0 Å². The minimum Gasteiger partial charge on any atom is -0.871 e. The van der Waals surface area contributed by atoms with Gasteiger partial charge >= 0.3 is 45.0 Å². The Morgan fingerprint density at radius 1 is 0.800 bits per heavy atom. The number of hydrogen-bond donors (Lipinski definition) is 4. The molecular weight excluding hydrogens is 132 g/mol. The van der Waals surface area contributed by atoms with Crippen LogP contribution in [-0.4, -0.2) is 34.7 Å². The summed E-state index contributed by atoms with van der Waals surface area (Å²) in [6, 6.07) is 0. The zero-order chi connectivity index (χ0) is 7.15. The van der Waals surface area contributed by atoms with Gasteiger partial charge < -0.3 is 30.1 Å². The molecule has 6 nitrogen and oxygen atoms in total. The van der Waals surface area contributed by atoms with Crippen LogP contribution >= 0.6 is 0 Å². The van der Waals surface area contributed by atoms with Crippen molar-refractivity contribution in [2.45, 2.75) is 0 Å². The molecule has 0 atom stereocenters. The molecule has 4 N–H and O–H groups in total. The maximum atomic E-state index is 8.53. The average Bonchev–Trinajstić information content (AvgIpc) is 1.25. The van der Waals surface area contributed by atoms with Crippen LogP contribution < -0.4 is 47.8 Å². The molecule has 0 saturated carbocycles. The van der Waals surface area contributed by atoms with Gasteiger partial charge in [-0.15, -0.1) is 0 Å². The molecule has 0 aromatic carbocycles. The molecule has 0 aliphatic rings. The summed E-state index contributed by atoms with van der Waals surface area (Å²) in [4.78, 5) is 0. The summed E-state index contributed by atoms with van der Waals surface area (Å²) in [6.45, 7) is 0. The van der Waals surface area contributed by atoms with Gasteiger partial charge in [0.2, 0.25) is 0 Å². The molecule has 0 fully saturated rings. The van der Waals surface area contributed by atoms with Crippen LogP contribution in [-0.2, 0) is 0 Å². The first-order valence-electron chi connectivity index (χ1n) is 1.50. The standard InChI is InChI=1S/BH3O3.BHO3.2Li/c2*2-1(3)4;;/h2-4H;2H;;/q;-2;2*+1. The fourth-order valence-corrected chi connectivity index (χ4v) is 0. The molecule has 0 rings (SSSR count). The first kappa shape index (κ1) is 22.5. The molecule has 48 valence electrons. The van der Waals surface area contributed by atoms with E-state index in [0.717, 1.165) is 0 Å². The summed E-state index contributed by atoms with van der Waals surface area (Å²) in [6.07, 6.45) is 0. The van der Waals surface area contributed by atoms with Crippen molar-refractivity contribution in [3.8, 4) is 0 Å². The SMILES string of the molecule is OB(O)O.[Li+].[Li+].[O-]B([O-])O. The predicted octanol–water partition coefficient (Wildman–Crippen LogP) is -11.4. The Hall–Kier alpha value is 1.08. The Bertz CT molecular complexity index is 29.2. The molecule has 0 radical (unpaired) electrons. The van der Waals surface area contributed by atoms with Crippen molar-refractivity contribution in [3.63, 3.8) is 0 Å². The molecule has 0 spiro atoms. The minimum atomic E-state index is -2.67. The third kappa shape index (κ3) is 505. The van der Waals surface area contributed by atoms with Gasteiger partial charge in [0.25, 0.3) is 0 Å². The van der Waals surface area contributed by atoms with Gasteiger partial charge in [-0.3, -0.25) is 0 Å². The second kappa shape index (κ2) is 16.6. The molecule has 10 heavy (non-hydrogen) atoms. The van der Waals surface area contributed by atoms with Crippen LogP contribution in [0.5, 0.6) is 0 Å². The Kier molecular flexibility index (Phi) is 37.2. The van der Waals surface area contributed by atoms with E-state index in [4.69, 9.17) is 30.1 Å². The smallest absolute Gasteiger partial charge is 0.871 e. The van der Waals surface area contributed by atoms with E-state index in [1.807, 2.05) is 0 Å². The summed E-state index contributed by atoms with van der Waals surface area (Å²) in [5.74, 6) is 0. The Labute approximate surface area is 82.6 Å². The molecule has 0 bridgehead atoms. The van der Waals surface area contributed by atoms with E-state index < -0.39 is 14.6 Å². The molecule has 10 heteroatoms. The molecule has 0 amide bonds. The van der Waals surface area contributed by atoms with Gasteiger partial charge in [-0.25, -0.2) is 0 Å². The van der Waals surface area contributed by atoms with Gasteiger partial charge in [0, 0.05) is 0 Å². The fourth-order valence-electron chi connectivity index (χ4n) is 0. The van der Waals surface area contributed by atoms with Crippen LogP contribution in [0.3, 0.4) is 0 Å². The monoisotopic (exact) mass is 136 g/mol. The van der Waals surface area contributed by atoms with Gasteiger partial charge in [0.1, 0.15) is 0 Å². The summed E-state index contributed by atoms with van der Waals surface area (Å²) >= 11 is 0. The minimum absolute atomic E-state index is 0. The van der Waals surface area contributed by atoms with Crippen molar-refractivity contribution < 1.29 is 67.9 Å². The topological polar surface area (TPSA) is 127 Å². The Morgan fingerprint density at radius 2 is 0.800 bits per heavy atom. The van der Waals surface area contributed by atoms with E-state index in [-0.39, 0.29) is 37.7 Å². The number of rotatable bonds is 0. The molecular formula is H4B2Li2O6. The average molecular weight is 136 g/mol. The second-order valence-corrected chi connectivity index (χ2v) is 0.653. The van der Waals surface area contributed by atoms with E-state index in [1.165, 1.54) is 0 Å². The maximum absolute atomic E-state index is 8.53. The first-order chi connectivity index (χ1) is 3.46. The van der Waals surface area contributed by atoms with Crippen molar-refractivity contribution >= 4 is 14.6 Å². The number of hydrogen-bond acceptors (Lipinski definition) is 6. The zero-order valence-corrected chi connectivity index (χ0v) is 5.76. The van der Waals surface area contributed by atoms with E-state index >= 15 is 0 Å². The van der Waals surface area contributed by atoms with Crippen LogP contribution in [0.2, 0.25) is 0 Å². The first-order valence-corrected chi connectivity index (χ1v) is 1.50. The van der Waals surface area contributed by atoms with Crippen LogP contribution in [0.25, 0.3) is 0 Å². The molecule has 0 heterocycles. The third-order valence-corrected chi connectivity index (χ3v) is 0. The molecule has 0 aliphatic carbocycles. The maximum Gasteiger partial charge on any atom is 1.00 e. The van der Waals surface area contributed by atoms with Gasteiger partial charge in [0.05, 0.1) is 7.32 Å². The zero-order valence-electron chi connectivity index (χ0n) is 5.76. The van der Waals surface area contributed by atoms with Crippen molar-refractivity contribution in [1.29, 1.82) is 0 Å². The van der Waals surface area contributed by atoms with Crippen molar-refractivity contribution in [2.24, 2.45) is 0 Å². The third-order valence-electron chi connectivity index (χ3n) is 0. The van der Waals surface area contributed by atoms with E-state index in [1.54, 1.807) is 0 Å². The second-order valence-electron chi connectivity index (χ2n) is 0.653. The van der Waals surface area contributed by atoms with Gasteiger partial charge in [-0.2, -0.15) is 0 Å². The molecule has 0 aliphatic heterocycles. The Morgan fingerprint density at radius 3 is 0.800 bits per heavy atom. The van der Waals surface area contributed by atoms with Crippen LogP contribution in [0.4, 0.5) is 0 Å². The van der Waals surface area contributed by atoms with Crippen LogP contribution in [0, 0.1) is 0 Å². The van der Waals surface area contributed by atoms with Gasteiger partial charge in [-0.1, -0.05) is 0 Å². The summed E-state index contributed by atoms with van der Waals surface area (Å²) in [5.41, 5.74) is 0. The molecule has 0 aromatic heterocycles. The summed E-state index contributed by atoms with van der Waals surface area (Å²) in [7, 11) is -4.83. The van der Waals surface area contributed by atoms with Gasteiger partial charge in [-0.05, 0) is 0 Å². The molecule has 0 unspecified atom stereocenters. The predicted molar refractivity (Wildman–Crippen MR) is 20.4 cm³/mol. The summed E-state index contributed by atoms with van der Waals surface area (Å²) < 4.78 is 0. The van der Waals surface area contributed by atoms with Gasteiger partial charge in [0.15, 0.2) is 0 Å². The van der Waals surface area contributed by atoms with Crippen molar-refractivity contribution in [2.75, 3.05) is 0 Å². The van der Waals surface area contributed by atoms with E-state index in [0.29, 0.717) is 0 Å². The molecule has 0 saturated heterocycles. The summed E-state index contributed by atoms with van der Waals surface area (Å²) in [5, 5.41) is 45.5. The van der Waals surface area contributed by atoms with E-state index in [9.17, 15) is 0 Å². The van der Waals surface area contributed by atoms with E-state index in [2.05, 4.69) is 0 Å². The molecule has 0 aromatic rings. The quantitative estimate of drug-likeness (QED) is 0.244. The fraction of sp³-hybridized carbons (Fsp3) is 0. The Balaban J connectivity index is -0.0000000300. The normalized spacial score (nSPS) is 5.40.